The highest BCUT2D eigenvalue weighted by molar-refractivity contribution is 5.91. The number of hydrogen-bond acceptors (Lipinski definition) is 3. The number of nitrogens with zero attached hydrogens (tertiary/aromatic N) is 1. The highest BCUT2D eigenvalue weighted by atomic mass is 16.3. The second kappa shape index (κ2) is 7.53. The summed E-state index contributed by atoms with van der Waals surface area (Å²) in [6, 6.07) is 19.2. The van der Waals surface area contributed by atoms with Crippen molar-refractivity contribution >= 4 is 22.9 Å². The predicted molar refractivity (Wildman–Crippen MR) is 95.0 cm³/mol. The van der Waals surface area contributed by atoms with Gasteiger partial charge in [0.25, 0.3) is 0 Å². The Balaban J connectivity index is 1.64. The number of rotatable bonds is 5. The van der Waals surface area contributed by atoms with Crippen LogP contribution in [0, 0.1) is 0 Å². The van der Waals surface area contributed by atoms with E-state index in [0.29, 0.717) is 6.54 Å². The van der Waals surface area contributed by atoms with Crippen molar-refractivity contribution in [2.75, 3.05) is 0 Å². The van der Waals surface area contributed by atoms with Crippen LogP contribution in [-0.2, 0) is 17.9 Å². The molecule has 0 radical (unpaired) electrons. The molecule has 1 amide bonds. The number of benzene rings is 2. The molecule has 0 atom stereocenters. The van der Waals surface area contributed by atoms with E-state index in [0.717, 1.165) is 27.7 Å². The lowest BCUT2D eigenvalue weighted by Crippen LogP contribution is -2.21. The number of aliphatic hydroxyl groups excluding tert-OH is 1. The smallest absolute Gasteiger partial charge is 0.244 e. The molecule has 0 unspecified atom stereocenters. The number of pyridine rings is 1. The zero-order valence-corrected chi connectivity index (χ0v) is 13.1. The fourth-order valence-electron chi connectivity index (χ4n) is 2.46. The summed E-state index contributed by atoms with van der Waals surface area (Å²) in [5, 5.41) is 13.2. The van der Waals surface area contributed by atoms with Crippen molar-refractivity contribution in [2.24, 2.45) is 0 Å². The van der Waals surface area contributed by atoms with Gasteiger partial charge >= 0.3 is 0 Å². The van der Waals surface area contributed by atoms with Crippen LogP contribution in [0.2, 0.25) is 0 Å². The summed E-state index contributed by atoms with van der Waals surface area (Å²) in [5.74, 6) is -0.197. The van der Waals surface area contributed by atoms with E-state index < -0.39 is 0 Å². The second-order valence-corrected chi connectivity index (χ2v) is 5.41. The summed E-state index contributed by atoms with van der Waals surface area (Å²) in [4.78, 5) is 16.5. The fourth-order valence-corrected chi connectivity index (χ4v) is 2.46. The molecule has 0 bridgehead atoms. The Bertz CT molecular complexity index is 887. The van der Waals surface area contributed by atoms with Gasteiger partial charge in [0.15, 0.2) is 0 Å². The Morgan fingerprint density at radius 2 is 1.75 bits per heavy atom. The Kier molecular flexibility index (Phi) is 4.99. The number of aromatic nitrogens is 1. The van der Waals surface area contributed by atoms with Crippen LogP contribution in [0.3, 0.4) is 0 Å². The normalized spacial score (nSPS) is 11.0. The number of carbonyl (C=O) groups excluding carboxylic acids is 1. The molecule has 24 heavy (non-hydrogen) atoms. The van der Waals surface area contributed by atoms with Crippen LogP contribution < -0.4 is 5.32 Å². The van der Waals surface area contributed by atoms with Gasteiger partial charge in [-0.05, 0) is 29.3 Å². The number of fused-ring (bicyclic) bond motifs is 1. The van der Waals surface area contributed by atoms with E-state index in [1.54, 1.807) is 6.08 Å². The maximum absolute atomic E-state index is 12.0. The molecule has 0 aliphatic carbocycles. The zero-order chi connectivity index (χ0) is 16.8. The van der Waals surface area contributed by atoms with E-state index in [2.05, 4.69) is 10.3 Å². The van der Waals surface area contributed by atoms with E-state index in [9.17, 15) is 9.90 Å². The summed E-state index contributed by atoms with van der Waals surface area (Å²) in [6.07, 6.45) is 3.17. The summed E-state index contributed by atoms with van der Waals surface area (Å²) in [5.41, 5.74) is 3.36. The van der Waals surface area contributed by atoms with Crippen LogP contribution in [0.1, 0.15) is 16.8 Å². The van der Waals surface area contributed by atoms with E-state index in [1.807, 2.05) is 60.7 Å². The molecule has 0 aliphatic heterocycles. The van der Waals surface area contributed by atoms with Gasteiger partial charge in [-0.2, -0.15) is 0 Å². The van der Waals surface area contributed by atoms with Crippen LogP contribution in [0.4, 0.5) is 0 Å². The minimum atomic E-state index is -0.197. The molecule has 0 fully saturated rings. The monoisotopic (exact) mass is 318 g/mol. The first kappa shape index (κ1) is 15.9. The molecule has 4 nitrogen and oxygen atoms in total. The predicted octanol–water partition coefficient (Wildman–Crippen LogP) is 3.06. The molecule has 1 heterocycles. The van der Waals surface area contributed by atoms with Gasteiger partial charge in [-0.25, -0.2) is 4.98 Å². The lowest BCUT2D eigenvalue weighted by molar-refractivity contribution is -0.116. The summed E-state index contributed by atoms with van der Waals surface area (Å²) >= 11 is 0. The van der Waals surface area contributed by atoms with Gasteiger partial charge in [-0.1, -0.05) is 48.5 Å². The van der Waals surface area contributed by atoms with Gasteiger partial charge in [0.05, 0.1) is 17.8 Å². The van der Waals surface area contributed by atoms with E-state index in [1.165, 1.54) is 6.08 Å². The Morgan fingerprint density at radius 1 is 1.00 bits per heavy atom. The van der Waals surface area contributed by atoms with Gasteiger partial charge in [0.2, 0.25) is 5.91 Å². The van der Waals surface area contributed by atoms with Crippen LogP contribution >= 0.6 is 0 Å². The maximum atomic E-state index is 12.0. The van der Waals surface area contributed by atoms with Crippen LogP contribution in [0.15, 0.2) is 66.7 Å². The third-order valence-electron chi connectivity index (χ3n) is 3.77. The highest BCUT2D eigenvalue weighted by Crippen LogP contribution is 2.12. The molecule has 3 aromatic rings. The first-order chi connectivity index (χ1) is 11.8. The van der Waals surface area contributed by atoms with Crippen molar-refractivity contribution in [3.05, 3.63) is 83.6 Å². The summed E-state index contributed by atoms with van der Waals surface area (Å²) < 4.78 is 0. The summed E-state index contributed by atoms with van der Waals surface area (Å²) in [7, 11) is 0. The third-order valence-corrected chi connectivity index (χ3v) is 3.77. The third kappa shape index (κ3) is 3.86. The van der Waals surface area contributed by atoms with Gasteiger partial charge in [0, 0.05) is 18.0 Å². The first-order valence-electron chi connectivity index (χ1n) is 7.75. The zero-order valence-electron chi connectivity index (χ0n) is 13.1. The van der Waals surface area contributed by atoms with E-state index in [-0.39, 0.29) is 12.5 Å². The number of para-hydroxylation sites is 1. The molecule has 120 valence electrons. The molecule has 4 heteroatoms. The molecule has 2 N–H and O–H groups in total. The Labute approximate surface area is 140 Å². The van der Waals surface area contributed by atoms with Gasteiger partial charge in [0.1, 0.15) is 0 Å². The van der Waals surface area contributed by atoms with Crippen molar-refractivity contribution in [3.8, 4) is 0 Å². The molecule has 3 rings (SSSR count). The number of amides is 1. The van der Waals surface area contributed by atoms with Gasteiger partial charge < -0.3 is 10.4 Å². The average Bonchev–Trinajstić information content (AvgIpc) is 2.64. The highest BCUT2D eigenvalue weighted by Gasteiger charge is 2.02. The Morgan fingerprint density at radius 3 is 2.58 bits per heavy atom. The largest absolute Gasteiger partial charge is 0.392 e. The average molecular weight is 318 g/mol. The molecule has 0 spiro atoms. The van der Waals surface area contributed by atoms with Gasteiger partial charge in [-0.3, -0.25) is 4.79 Å². The molecule has 0 saturated heterocycles. The topological polar surface area (TPSA) is 62.2 Å². The lowest BCUT2D eigenvalue weighted by Gasteiger charge is -2.07. The Hall–Kier alpha value is -2.98. The standard InChI is InChI=1S/C20H18N2O2/c23-14-17-7-2-1-6-16(17)13-21-20(24)12-11-18-10-9-15-5-3-4-8-19(15)22-18/h1-12,23H,13-14H2,(H,21,24)/b12-11+. The van der Waals surface area contributed by atoms with Crippen molar-refractivity contribution in [1.82, 2.24) is 10.3 Å². The summed E-state index contributed by atoms with van der Waals surface area (Å²) in [6.45, 7) is 0.341. The second-order valence-electron chi connectivity index (χ2n) is 5.41. The molecule has 0 saturated carbocycles. The van der Waals surface area contributed by atoms with Crippen molar-refractivity contribution in [1.29, 1.82) is 0 Å². The van der Waals surface area contributed by atoms with Crippen LogP contribution in [-0.4, -0.2) is 16.0 Å². The van der Waals surface area contributed by atoms with E-state index in [4.69, 9.17) is 0 Å². The van der Waals surface area contributed by atoms with Crippen LogP contribution in [0.25, 0.3) is 17.0 Å². The number of hydrogen-bond donors (Lipinski definition) is 2. The number of nitrogens with one attached hydrogen (secondary N) is 1. The molecular weight excluding hydrogens is 300 g/mol. The van der Waals surface area contributed by atoms with Gasteiger partial charge in [-0.15, -0.1) is 0 Å². The number of aliphatic hydroxyl groups is 1. The van der Waals surface area contributed by atoms with Crippen molar-refractivity contribution in [3.63, 3.8) is 0 Å². The lowest BCUT2D eigenvalue weighted by atomic mass is 10.1. The SMILES string of the molecule is O=C(/C=C/c1ccc2ccccc2n1)NCc1ccccc1CO. The molecular formula is C20H18N2O2. The molecule has 2 aromatic carbocycles. The van der Waals surface area contributed by atoms with Crippen molar-refractivity contribution < 1.29 is 9.90 Å². The van der Waals surface area contributed by atoms with E-state index >= 15 is 0 Å². The first-order valence-corrected chi connectivity index (χ1v) is 7.75. The minimum Gasteiger partial charge on any atom is -0.392 e. The number of carbonyl (C=O) groups is 1. The molecule has 1 aromatic heterocycles. The van der Waals surface area contributed by atoms with Crippen LogP contribution in [0.5, 0.6) is 0 Å². The fraction of sp³-hybridized carbons (Fsp3) is 0.100. The quantitative estimate of drug-likeness (QED) is 0.711. The van der Waals surface area contributed by atoms with Crippen molar-refractivity contribution in [2.45, 2.75) is 13.2 Å². The minimum absolute atomic E-state index is 0.0388. The maximum Gasteiger partial charge on any atom is 0.244 e. The molecule has 0 aliphatic rings.